The van der Waals surface area contributed by atoms with E-state index in [0.717, 1.165) is 4.90 Å². The second-order valence-electron chi connectivity index (χ2n) is 3.17. The third kappa shape index (κ3) is 3.18. The van der Waals surface area contributed by atoms with Crippen LogP contribution in [0, 0.1) is 0 Å². The molecule has 0 saturated heterocycles. The van der Waals surface area contributed by atoms with Crippen LogP contribution < -0.4 is 11.3 Å². The van der Waals surface area contributed by atoms with Gasteiger partial charge in [0.05, 0.1) is 16.2 Å². The molecule has 3 N–H and O–H groups in total. The Balaban J connectivity index is 2.36. The highest BCUT2D eigenvalue weighted by Crippen LogP contribution is 2.37. The molecule has 18 heavy (non-hydrogen) atoms. The first-order valence-electron chi connectivity index (χ1n) is 4.72. The zero-order valence-corrected chi connectivity index (χ0v) is 11.9. The van der Waals surface area contributed by atoms with Gasteiger partial charge in [0.15, 0.2) is 0 Å². The Morgan fingerprint density at radius 2 is 1.94 bits per heavy atom. The van der Waals surface area contributed by atoms with Gasteiger partial charge in [-0.25, -0.2) is 15.8 Å². The topological polar surface area (TPSA) is 63.8 Å². The van der Waals surface area contributed by atoms with Crippen molar-refractivity contribution in [2.24, 2.45) is 5.84 Å². The van der Waals surface area contributed by atoms with Crippen molar-refractivity contribution in [1.82, 2.24) is 9.97 Å². The predicted octanol–water partition coefficient (Wildman–Crippen LogP) is 3.87. The summed E-state index contributed by atoms with van der Waals surface area (Å²) in [6.45, 7) is 0. The highest BCUT2D eigenvalue weighted by molar-refractivity contribution is 7.99. The maximum atomic E-state index is 6.07. The van der Waals surface area contributed by atoms with Crippen molar-refractivity contribution in [1.29, 1.82) is 0 Å². The fourth-order valence-corrected chi connectivity index (χ4v) is 2.67. The van der Waals surface area contributed by atoms with Crippen LogP contribution >= 0.6 is 46.6 Å². The van der Waals surface area contributed by atoms with Crippen molar-refractivity contribution in [3.8, 4) is 0 Å². The lowest BCUT2D eigenvalue weighted by atomic mass is 10.4. The van der Waals surface area contributed by atoms with Crippen LogP contribution in [0.5, 0.6) is 0 Å². The van der Waals surface area contributed by atoms with E-state index in [1.807, 2.05) is 0 Å². The quantitative estimate of drug-likeness (QED) is 0.510. The highest BCUT2D eigenvalue weighted by atomic mass is 35.5. The summed E-state index contributed by atoms with van der Waals surface area (Å²) in [7, 11) is 0. The normalized spacial score (nSPS) is 10.4. The van der Waals surface area contributed by atoms with E-state index in [0.29, 0.717) is 20.1 Å². The first kappa shape index (κ1) is 13.7. The molecule has 0 aliphatic carbocycles. The number of hydrazine groups is 1. The Morgan fingerprint density at radius 3 is 2.67 bits per heavy atom. The fourth-order valence-electron chi connectivity index (χ4n) is 1.15. The molecule has 0 spiro atoms. The van der Waals surface area contributed by atoms with Crippen LogP contribution in [0.3, 0.4) is 0 Å². The van der Waals surface area contributed by atoms with Crippen LogP contribution in [0.2, 0.25) is 15.1 Å². The van der Waals surface area contributed by atoms with E-state index in [2.05, 4.69) is 15.4 Å². The molecule has 0 radical (unpaired) electrons. The Hall–Kier alpha value is -0.720. The van der Waals surface area contributed by atoms with Crippen LogP contribution in [0.4, 0.5) is 5.95 Å². The summed E-state index contributed by atoms with van der Waals surface area (Å²) in [5.41, 5.74) is 2.35. The molecule has 2 aromatic rings. The minimum absolute atomic E-state index is 0.278. The molecule has 1 aromatic carbocycles. The predicted molar refractivity (Wildman–Crippen MR) is 75.4 cm³/mol. The van der Waals surface area contributed by atoms with Gasteiger partial charge in [0.25, 0.3) is 0 Å². The molecule has 0 bridgehead atoms. The van der Waals surface area contributed by atoms with Crippen molar-refractivity contribution in [3.05, 3.63) is 39.5 Å². The third-order valence-corrected chi connectivity index (χ3v) is 4.07. The molecule has 0 aliphatic rings. The summed E-state index contributed by atoms with van der Waals surface area (Å²) < 4.78 is 0. The summed E-state index contributed by atoms with van der Waals surface area (Å²) in [5, 5.41) is 2.12. The van der Waals surface area contributed by atoms with E-state index in [4.69, 9.17) is 40.6 Å². The number of rotatable bonds is 3. The molecule has 0 atom stereocenters. The standard InChI is InChI=1S/C10H7Cl3N4S/c11-5-1-2-6(12)8(3-5)18-9-7(13)4-15-10(16-9)17-14/h1-4H,14H2,(H,15,16,17). The Morgan fingerprint density at radius 1 is 1.17 bits per heavy atom. The molecule has 4 nitrogen and oxygen atoms in total. The van der Waals surface area contributed by atoms with Crippen LogP contribution in [-0.4, -0.2) is 9.97 Å². The zero-order chi connectivity index (χ0) is 13.1. The van der Waals surface area contributed by atoms with Crippen molar-refractivity contribution >= 4 is 52.5 Å². The molecule has 0 amide bonds. The lowest BCUT2D eigenvalue weighted by molar-refractivity contribution is 1.03. The number of nitrogen functional groups attached to an aromatic ring is 1. The number of halogens is 3. The smallest absolute Gasteiger partial charge is 0.238 e. The summed E-state index contributed by atoms with van der Waals surface area (Å²) in [5.74, 6) is 5.52. The van der Waals surface area contributed by atoms with E-state index in [1.165, 1.54) is 18.0 Å². The van der Waals surface area contributed by atoms with Crippen molar-refractivity contribution < 1.29 is 0 Å². The maximum absolute atomic E-state index is 6.07. The Kier molecular flexibility index (Phi) is 4.53. The van der Waals surface area contributed by atoms with Crippen molar-refractivity contribution in [3.63, 3.8) is 0 Å². The summed E-state index contributed by atoms with van der Waals surface area (Å²) in [6.07, 6.45) is 1.46. The second kappa shape index (κ2) is 5.95. The van der Waals surface area contributed by atoms with Gasteiger partial charge in [0, 0.05) is 9.92 Å². The Bertz CT molecular complexity index is 579. The average Bonchev–Trinajstić information content (AvgIpc) is 2.36. The van der Waals surface area contributed by atoms with Gasteiger partial charge < -0.3 is 0 Å². The summed E-state index contributed by atoms with van der Waals surface area (Å²) in [6, 6.07) is 5.16. The highest BCUT2D eigenvalue weighted by Gasteiger charge is 2.10. The number of benzene rings is 1. The summed E-state index contributed by atoms with van der Waals surface area (Å²) >= 11 is 19.3. The van der Waals surface area contributed by atoms with Gasteiger partial charge in [0.2, 0.25) is 5.95 Å². The van der Waals surface area contributed by atoms with Gasteiger partial charge in [0.1, 0.15) is 5.03 Å². The van der Waals surface area contributed by atoms with E-state index in [9.17, 15) is 0 Å². The number of nitrogens with one attached hydrogen (secondary N) is 1. The maximum Gasteiger partial charge on any atom is 0.238 e. The SMILES string of the molecule is NNc1ncc(Cl)c(Sc2cc(Cl)ccc2Cl)n1. The lowest BCUT2D eigenvalue weighted by Gasteiger charge is -2.07. The van der Waals surface area contributed by atoms with E-state index in [-0.39, 0.29) is 5.95 Å². The first-order chi connectivity index (χ1) is 8.60. The monoisotopic (exact) mass is 320 g/mol. The minimum Gasteiger partial charge on any atom is -0.292 e. The number of nitrogens with zero attached hydrogens (tertiary/aromatic N) is 2. The number of aromatic nitrogens is 2. The molecule has 2 rings (SSSR count). The molecule has 8 heteroatoms. The van der Waals surface area contributed by atoms with E-state index >= 15 is 0 Å². The molecule has 1 heterocycles. The van der Waals surface area contributed by atoms with Gasteiger partial charge in [-0.3, -0.25) is 5.43 Å². The molecule has 0 saturated carbocycles. The second-order valence-corrected chi connectivity index (χ2v) is 5.45. The number of hydrogen-bond donors (Lipinski definition) is 2. The van der Waals surface area contributed by atoms with Gasteiger partial charge in [-0.05, 0) is 18.2 Å². The minimum atomic E-state index is 0.278. The molecular formula is C10H7Cl3N4S. The van der Waals surface area contributed by atoms with Gasteiger partial charge in [-0.1, -0.05) is 46.6 Å². The molecular weight excluding hydrogens is 315 g/mol. The fraction of sp³-hybridized carbons (Fsp3) is 0. The number of anilines is 1. The van der Waals surface area contributed by atoms with Crippen LogP contribution in [0.15, 0.2) is 34.3 Å². The average molecular weight is 322 g/mol. The first-order valence-corrected chi connectivity index (χ1v) is 6.67. The largest absolute Gasteiger partial charge is 0.292 e. The number of nitrogens with two attached hydrogens (primary N) is 1. The zero-order valence-electron chi connectivity index (χ0n) is 8.82. The molecule has 94 valence electrons. The summed E-state index contributed by atoms with van der Waals surface area (Å²) in [4.78, 5) is 8.78. The Labute approximate surface area is 123 Å². The molecule has 0 unspecified atom stereocenters. The van der Waals surface area contributed by atoms with E-state index in [1.54, 1.807) is 18.2 Å². The van der Waals surface area contributed by atoms with E-state index < -0.39 is 0 Å². The van der Waals surface area contributed by atoms with Crippen LogP contribution in [0.25, 0.3) is 0 Å². The third-order valence-electron chi connectivity index (χ3n) is 1.94. The van der Waals surface area contributed by atoms with Gasteiger partial charge >= 0.3 is 0 Å². The van der Waals surface area contributed by atoms with Crippen molar-refractivity contribution in [2.45, 2.75) is 9.92 Å². The molecule has 0 fully saturated rings. The molecule has 0 aliphatic heterocycles. The van der Waals surface area contributed by atoms with Gasteiger partial charge in [-0.2, -0.15) is 0 Å². The molecule has 1 aromatic heterocycles. The van der Waals surface area contributed by atoms with Crippen LogP contribution in [0.1, 0.15) is 0 Å². The van der Waals surface area contributed by atoms with Gasteiger partial charge in [-0.15, -0.1) is 0 Å². The number of hydrogen-bond acceptors (Lipinski definition) is 5. The van der Waals surface area contributed by atoms with Crippen molar-refractivity contribution in [2.75, 3.05) is 5.43 Å². The van der Waals surface area contributed by atoms with Crippen LogP contribution in [-0.2, 0) is 0 Å². The lowest BCUT2D eigenvalue weighted by Crippen LogP contribution is -2.10.